The number of aromatic nitrogens is 2. The highest BCUT2D eigenvalue weighted by Crippen LogP contribution is 2.46. The number of piperidine rings is 1. The molecule has 0 spiro atoms. The smallest absolute Gasteiger partial charge is 0.338 e. The molecule has 1 aromatic heterocycles. The van der Waals surface area contributed by atoms with Crippen LogP contribution in [0.4, 0.5) is 10.6 Å². The summed E-state index contributed by atoms with van der Waals surface area (Å²) in [5, 5.41) is 2.69. The van der Waals surface area contributed by atoms with Gasteiger partial charge in [0.1, 0.15) is 5.82 Å². The Hall–Kier alpha value is -3.28. The third-order valence-corrected chi connectivity index (χ3v) is 7.93. The van der Waals surface area contributed by atoms with E-state index in [1.165, 1.54) is 10.1 Å². The number of urea groups is 1. The average Bonchev–Trinajstić information content (AvgIpc) is 3.26. The number of nitrogens with one attached hydrogen (secondary N) is 1. The van der Waals surface area contributed by atoms with Gasteiger partial charge < -0.3 is 21.3 Å². The van der Waals surface area contributed by atoms with Gasteiger partial charge in [-0.25, -0.2) is 9.59 Å². The molecule has 5 rings (SSSR count). The second-order valence-corrected chi connectivity index (χ2v) is 11.0. The molecule has 3 heterocycles. The number of benzene rings is 1. The summed E-state index contributed by atoms with van der Waals surface area (Å²) in [5.41, 5.74) is 12.4. The molecule has 11 heteroatoms. The van der Waals surface area contributed by atoms with E-state index in [4.69, 9.17) is 11.5 Å². The molecule has 11 nitrogen and oxygen atoms in total. The van der Waals surface area contributed by atoms with Crippen molar-refractivity contribution in [3.05, 3.63) is 52.6 Å². The summed E-state index contributed by atoms with van der Waals surface area (Å²) in [6.07, 6.45) is 1.61. The van der Waals surface area contributed by atoms with Crippen LogP contribution in [0, 0.1) is 11.8 Å². The molecule has 4 atom stereocenters. The van der Waals surface area contributed by atoms with E-state index in [2.05, 4.69) is 22.1 Å². The van der Waals surface area contributed by atoms with Crippen LogP contribution in [0.2, 0.25) is 0 Å². The molecular weight excluding hydrogens is 472 g/mol. The van der Waals surface area contributed by atoms with Gasteiger partial charge in [-0.2, -0.15) is 4.98 Å². The summed E-state index contributed by atoms with van der Waals surface area (Å²) in [4.78, 5) is 47.5. The first-order valence-corrected chi connectivity index (χ1v) is 12.9. The maximum absolute atomic E-state index is 12.7. The molecule has 5 N–H and O–H groups in total. The van der Waals surface area contributed by atoms with Crippen molar-refractivity contribution in [1.29, 1.82) is 0 Å². The lowest BCUT2D eigenvalue weighted by Crippen LogP contribution is -2.58. The van der Waals surface area contributed by atoms with Gasteiger partial charge in [-0.05, 0) is 56.4 Å². The predicted molar refractivity (Wildman–Crippen MR) is 140 cm³/mol. The number of nitrogens with zero attached hydrogens (tertiary/aromatic N) is 5. The van der Waals surface area contributed by atoms with Crippen LogP contribution in [-0.2, 0) is 4.79 Å². The molecule has 198 valence electrons. The van der Waals surface area contributed by atoms with Crippen molar-refractivity contribution in [3.8, 4) is 5.69 Å². The number of rotatable bonds is 5. The van der Waals surface area contributed by atoms with Crippen molar-refractivity contribution >= 4 is 17.8 Å². The number of hydrogen-bond donors (Lipinski definition) is 3. The van der Waals surface area contributed by atoms with Gasteiger partial charge in [-0.15, -0.1) is 0 Å². The minimum absolute atomic E-state index is 0.141. The summed E-state index contributed by atoms with van der Waals surface area (Å²) < 4.78 is 1.45. The molecule has 2 saturated heterocycles. The number of likely N-dealkylation sites (tertiary alicyclic amines) is 1. The zero-order valence-electron chi connectivity index (χ0n) is 21.6. The van der Waals surface area contributed by atoms with E-state index in [0.717, 1.165) is 13.1 Å². The summed E-state index contributed by atoms with van der Waals surface area (Å²) in [6, 6.07) is 9.84. The van der Waals surface area contributed by atoms with E-state index in [1.54, 1.807) is 35.9 Å². The van der Waals surface area contributed by atoms with E-state index < -0.39 is 11.2 Å². The van der Waals surface area contributed by atoms with Crippen molar-refractivity contribution in [2.24, 2.45) is 23.3 Å². The first-order valence-electron chi connectivity index (χ1n) is 12.9. The van der Waals surface area contributed by atoms with Gasteiger partial charge in [0, 0.05) is 57.5 Å². The number of nitrogens with two attached hydrogens (primary N) is 2. The summed E-state index contributed by atoms with van der Waals surface area (Å²) >= 11 is 0. The fourth-order valence-electron chi connectivity index (χ4n) is 5.42. The second-order valence-electron chi connectivity index (χ2n) is 11.0. The minimum Gasteiger partial charge on any atom is -0.338 e. The van der Waals surface area contributed by atoms with E-state index in [1.807, 2.05) is 24.3 Å². The lowest BCUT2D eigenvalue weighted by molar-refractivity contribution is -0.137. The van der Waals surface area contributed by atoms with Crippen LogP contribution in [0.25, 0.3) is 5.69 Å². The number of carbonyl (C=O) groups is 2. The highest BCUT2D eigenvalue weighted by Gasteiger charge is 2.54. The fraction of sp³-hybridized carbons (Fsp3) is 0.538. The van der Waals surface area contributed by atoms with Crippen molar-refractivity contribution < 1.29 is 9.59 Å². The number of carbonyl (C=O) groups excluding carboxylic acids is 2. The zero-order chi connectivity index (χ0) is 26.5. The fourth-order valence-corrected chi connectivity index (χ4v) is 5.42. The predicted octanol–water partition coefficient (Wildman–Crippen LogP) is 0.596. The van der Waals surface area contributed by atoms with Gasteiger partial charge in [0.05, 0.1) is 11.2 Å². The van der Waals surface area contributed by atoms with Gasteiger partial charge in [0.15, 0.2) is 0 Å². The molecule has 2 aliphatic heterocycles. The third-order valence-electron chi connectivity index (χ3n) is 7.93. The maximum Gasteiger partial charge on any atom is 0.354 e. The molecule has 37 heavy (non-hydrogen) atoms. The first kappa shape index (κ1) is 25.4. The van der Waals surface area contributed by atoms with Crippen LogP contribution in [-0.4, -0.2) is 87.0 Å². The number of piperazine rings is 1. The van der Waals surface area contributed by atoms with Crippen molar-refractivity contribution in [2.75, 3.05) is 44.6 Å². The van der Waals surface area contributed by atoms with E-state index in [0.29, 0.717) is 55.8 Å². The van der Waals surface area contributed by atoms with E-state index >= 15 is 0 Å². The van der Waals surface area contributed by atoms with Gasteiger partial charge in [-0.1, -0.05) is 12.1 Å². The molecule has 3 aliphatic rings. The second kappa shape index (κ2) is 9.55. The Morgan fingerprint density at radius 1 is 1.03 bits per heavy atom. The Kier molecular flexibility index (Phi) is 6.55. The number of hydrogen-bond acceptors (Lipinski definition) is 7. The van der Waals surface area contributed by atoms with Crippen LogP contribution in [0.3, 0.4) is 0 Å². The average molecular weight is 509 g/mol. The Labute approximate surface area is 216 Å². The molecule has 3 amide bonds. The van der Waals surface area contributed by atoms with Crippen molar-refractivity contribution in [2.45, 2.75) is 38.4 Å². The van der Waals surface area contributed by atoms with Crippen LogP contribution in [0.1, 0.15) is 32.4 Å². The van der Waals surface area contributed by atoms with Crippen molar-refractivity contribution in [3.63, 3.8) is 0 Å². The first-order chi connectivity index (χ1) is 17.5. The Morgan fingerprint density at radius 3 is 2.19 bits per heavy atom. The highest BCUT2D eigenvalue weighted by molar-refractivity contribution is 5.89. The SMILES string of the molecule is CC(c1ccc(-n2ccc(NC(=O)N3CCN(C(=O)C(C)(C)N)CC3)nc2=O)cc1)N1CC2C(N)[C@@H]2C1. The molecule has 0 bridgehead atoms. The summed E-state index contributed by atoms with van der Waals surface area (Å²) in [6.45, 7) is 9.20. The summed E-state index contributed by atoms with van der Waals surface area (Å²) in [7, 11) is 0. The summed E-state index contributed by atoms with van der Waals surface area (Å²) in [5.74, 6) is 1.33. The zero-order valence-corrected chi connectivity index (χ0v) is 21.6. The number of amides is 3. The maximum atomic E-state index is 12.7. The van der Waals surface area contributed by atoms with E-state index in [9.17, 15) is 14.4 Å². The molecule has 1 saturated carbocycles. The van der Waals surface area contributed by atoms with Crippen LogP contribution in [0.15, 0.2) is 41.3 Å². The lowest BCUT2D eigenvalue weighted by Gasteiger charge is -2.37. The third kappa shape index (κ3) is 5.11. The minimum atomic E-state index is -0.945. The normalized spacial score (nSPS) is 24.5. The van der Waals surface area contributed by atoms with E-state index in [-0.39, 0.29) is 17.8 Å². The topological polar surface area (TPSA) is 143 Å². The van der Waals surface area contributed by atoms with Crippen molar-refractivity contribution in [1.82, 2.24) is 24.3 Å². The van der Waals surface area contributed by atoms with Gasteiger partial charge in [0.25, 0.3) is 0 Å². The molecule has 2 aromatic rings. The Bertz CT molecular complexity index is 1220. The molecule has 3 unspecified atom stereocenters. The highest BCUT2D eigenvalue weighted by atomic mass is 16.2. The van der Waals surface area contributed by atoms with Gasteiger partial charge in [0.2, 0.25) is 5.91 Å². The standard InChI is InChI=1S/C26H36N8O3/c1-16(33-14-19-20(15-33)22(19)27)17-4-6-18(7-5-17)34-9-8-21(30-25(34)37)29-24(36)32-12-10-31(11-13-32)23(35)26(2,3)28/h4-9,16,19-20,22H,10-15,27-28H2,1-3H3,(H,29,30,36,37)/t16?,19-,20?,22?/m1/s1. The Morgan fingerprint density at radius 2 is 1.62 bits per heavy atom. The molecule has 0 radical (unpaired) electrons. The van der Waals surface area contributed by atoms with Gasteiger partial charge >= 0.3 is 11.7 Å². The quantitative estimate of drug-likeness (QED) is 0.537. The largest absolute Gasteiger partial charge is 0.354 e. The van der Waals surface area contributed by atoms with Crippen LogP contribution < -0.4 is 22.5 Å². The number of fused-ring (bicyclic) bond motifs is 1. The monoisotopic (exact) mass is 508 g/mol. The Balaban J connectivity index is 1.17. The lowest BCUT2D eigenvalue weighted by atomic mass is 10.1. The van der Waals surface area contributed by atoms with Crippen LogP contribution >= 0.6 is 0 Å². The molecule has 1 aromatic carbocycles. The molecular formula is C26H36N8O3. The van der Waals surface area contributed by atoms with Crippen LogP contribution in [0.5, 0.6) is 0 Å². The molecule has 1 aliphatic carbocycles. The van der Waals surface area contributed by atoms with Gasteiger partial charge in [-0.3, -0.25) is 19.6 Å². The number of anilines is 1. The molecule has 3 fully saturated rings.